The Balaban J connectivity index is 1.18. The van der Waals surface area contributed by atoms with E-state index in [9.17, 15) is 0 Å². The molecule has 0 heterocycles. The van der Waals surface area contributed by atoms with Gasteiger partial charge in [-0.15, -0.1) is 0 Å². The van der Waals surface area contributed by atoms with Crippen LogP contribution in [0.1, 0.15) is 47.9 Å². The Kier molecular flexibility index (Phi) is 10.6. The zero-order chi connectivity index (χ0) is 27.2. The van der Waals surface area contributed by atoms with Crippen molar-refractivity contribution in [2.75, 3.05) is 13.1 Å². The second-order valence-corrected chi connectivity index (χ2v) is 10.8. The quantitative estimate of drug-likeness (QED) is 0.133. The first-order valence-corrected chi connectivity index (χ1v) is 15.0. The van der Waals surface area contributed by atoms with E-state index in [0.717, 1.165) is 39.0 Å². The summed E-state index contributed by atoms with van der Waals surface area (Å²) < 4.78 is 0. The van der Waals surface area contributed by atoms with Gasteiger partial charge < -0.3 is 10.6 Å². The van der Waals surface area contributed by atoms with Gasteiger partial charge in [0.05, 0.1) is 0 Å². The standard InChI is InChI=1S/C38H42N2/c1-3-15-31(16-4-1)19-11-13-25-39-29-34-22-8-10-24-38(34)35-27-33-21-7-9-23-37(33)36(28-35)30-40-26-14-12-20-32-17-5-2-6-18-32/h1-10,15-18,21-24,27-28,39-40H,11-14,19-20,25-26,29-30H2. The lowest BCUT2D eigenvalue weighted by molar-refractivity contribution is 0.623. The van der Waals surface area contributed by atoms with Gasteiger partial charge in [0.1, 0.15) is 0 Å². The average Bonchev–Trinajstić information content (AvgIpc) is 3.01. The minimum atomic E-state index is 0.890. The van der Waals surface area contributed by atoms with Crippen molar-refractivity contribution in [3.63, 3.8) is 0 Å². The first-order valence-electron chi connectivity index (χ1n) is 15.0. The molecular formula is C38H42N2. The molecule has 0 atom stereocenters. The number of unbranched alkanes of at least 4 members (excludes halogenated alkanes) is 2. The highest BCUT2D eigenvalue weighted by molar-refractivity contribution is 5.90. The van der Waals surface area contributed by atoms with E-state index in [1.165, 1.54) is 69.8 Å². The molecule has 0 fully saturated rings. The molecule has 0 bridgehead atoms. The van der Waals surface area contributed by atoms with E-state index < -0.39 is 0 Å². The molecule has 0 aliphatic rings. The fourth-order valence-corrected chi connectivity index (χ4v) is 5.54. The molecule has 0 saturated carbocycles. The molecule has 0 amide bonds. The van der Waals surface area contributed by atoms with Crippen molar-refractivity contribution in [3.8, 4) is 11.1 Å². The normalized spacial score (nSPS) is 11.2. The van der Waals surface area contributed by atoms with Gasteiger partial charge in [0.15, 0.2) is 0 Å². The molecule has 5 aromatic rings. The molecule has 2 heteroatoms. The van der Waals surface area contributed by atoms with Crippen LogP contribution in [0.3, 0.4) is 0 Å². The molecule has 40 heavy (non-hydrogen) atoms. The van der Waals surface area contributed by atoms with Crippen LogP contribution in [-0.2, 0) is 25.9 Å². The zero-order valence-corrected chi connectivity index (χ0v) is 23.6. The zero-order valence-electron chi connectivity index (χ0n) is 23.6. The van der Waals surface area contributed by atoms with Crippen molar-refractivity contribution in [1.29, 1.82) is 0 Å². The summed E-state index contributed by atoms with van der Waals surface area (Å²) in [4.78, 5) is 0. The van der Waals surface area contributed by atoms with Gasteiger partial charge in [0.2, 0.25) is 0 Å². The number of rotatable bonds is 15. The topological polar surface area (TPSA) is 24.1 Å². The smallest absolute Gasteiger partial charge is 0.0211 e. The van der Waals surface area contributed by atoms with Crippen LogP contribution in [-0.4, -0.2) is 13.1 Å². The van der Waals surface area contributed by atoms with Crippen molar-refractivity contribution in [3.05, 3.63) is 144 Å². The molecule has 2 nitrogen and oxygen atoms in total. The van der Waals surface area contributed by atoms with Crippen LogP contribution in [0.4, 0.5) is 0 Å². The van der Waals surface area contributed by atoms with Gasteiger partial charge in [-0.2, -0.15) is 0 Å². The van der Waals surface area contributed by atoms with Gasteiger partial charge >= 0.3 is 0 Å². The molecule has 0 spiro atoms. The third-order valence-electron chi connectivity index (χ3n) is 7.73. The predicted octanol–water partition coefficient (Wildman–Crippen LogP) is 8.73. The molecule has 204 valence electrons. The van der Waals surface area contributed by atoms with E-state index in [1.54, 1.807) is 0 Å². The summed E-state index contributed by atoms with van der Waals surface area (Å²) in [5.74, 6) is 0. The summed E-state index contributed by atoms with van der Waals surface area (Å²) in [5.41, 5.74) is 8.24. The van der Waals surface area contributed by atoms with Crippen LogP contribution in [0.2, 0.25) is 0 Å². The van der Waals surface area contributed by atoms with Crippen LogP contribution >= 0.6 is 0 Å². The molecule has 0 radical (unpaired) electrons. The van der Waals surface area contributed by atoms with E-state index in [0.29, 0.717) is 0 Å². The molecule has 5 aromatic carbocycles. The van der Waals surface area contributed by atoms with Gasteiger partial charge in [-0.3, -0.25) is 0 Å². The van der Waals surface area contributed by atoms with E-state index in [1.807, 2.05) is 0 Å². The predicted molar refractivity (Wildman–Crippen MR) is 172 cm³/mol. The first kappa shape index (κ1) is 27.8. The van der Waals surface area contributed by atoms with E-state index >= 15 is 0 Å². The Hall–Kier alpha value is -3.72. The highest BCUT2D eigenvalue weighted by atomic mass is 14.8. The third kappa shape index (κ3) is 8.14. The third-order valence-corrected chi connectivity index (χ3v) is 7.73. The SMILES string of the molecule is c1ccc(CCCCNCc2ccccc2-c2cc(CNCCCCc3ccccc3)c3ccccc3c2)cc1. The molecule has 0 saturated heterocycles. The summed E-state index contributed by atoms with van der Waals surface area (Å²) in [6, 6.07) is 44.0. The maximum Gasteiger partial charge on any atom is 0.0211 e. The largest absolute Gasteiger partial charge is 0.313 e. The summed E-state index contributed by atoms with van der Waals surface area (Å²) in [6.45, 7) is 3.86. The molecule has 0 aliphatic heterocycles. The molecule has 0 aromatic heterocycles. The highest BCUT2D eigenvalue weighted by Crippen LogP contribution is 2.30. The summed E-state index contributed by atoms with van der Waals surface area (Å²) in [7, 11) is 0. The number of hydrogen-bond donors (Lipinski definition) is 2. The number of benzene rings is 5. The summed E-state index contributed by atoms with van der Waals surface area (Å²) in [5, 5.41) is 10.1. The van der Waals surface area contributed by atoms with Crippen LogP contribution in [0.5, 0.6) is 0 Å². The van der Waals surface area contributed by atoms with Crippen LogP contribution in [0.25, 0.3) is 21.9 Å². The Bertz CT molecular complexity index is 1440. The lowest BCUT2D eigenvalue weighted by Crippen LogP contribution is -2.16. The molecule has 2 N–H and O–H groups in total. The number of hydrogen-bond acceptors (Lipinski definition) is 2. The highest BCUT2D eigenvalue weighted by Gasteiger charge is 2.09. The van der Waals surface area contributed by atoms with Crippen molar-refractivity contribution < 1.29 is 0 Å². The second kappa shape index (κ2) is 15.2. The minimum absolute atomic E-state index is 0.890. The number of nitrogens with one attached hydrogen (secondary N) is 2. The number of aryl methyl sites for hydroxylation is 2. The average molecular weight is 527 g/mol. The Labute approximate surface area is 240 Å². The lowest BCUT2D eigenvalue weighted by Gasteiger charge is -2.15. The van der Waals surface area contributed by atoms with Gasteiger partial charge in [-0.1, -0.05) is 109 Å². The van der Waals surface area contributed by atoms with Crippen molar-refractivity contribution >= 4 is 10.8 Å². The maximum absolute atomic E-state index is 3.73. The second-order valence-electron chi connectivity index (χ2n) is 10.8. The van der Waals surface area contributed by atoms with Gasteiger partial charge in [-0.25, -0.2) is 0 Å². The Morgan fingerprint density at radius 2 is 1.00 bits per heavy atom. The van der Waals surface area contributed by atoms with Crippen LogP contribution in [0.15, 0.2) is 121 Å². The van der Waals surface area contributed by atoms with Gasteiger partial charge in [0.25, 0.3) is 0 Å². The lowest BCUT2D eigenvalue weighted by atomic mass is 9.94. The van der Waals surface area contributed by atoms with Gasteiger partial charge in [0, 0.05) is 13.1 Å². The molecule has 5 rings (SSSR count). The van der Waals surface area contributed by atoms with Crippen molar-refractivity contribution in [2.24, 2.45) is 0 Å². The fraction of sp³-hybridized carbons (Fsp3) is 0.263. The fourth-order valence-electron chi connectivity index (χ4n) is 5.54. The van der Waals surface area contributed by atoms with E-state index in [4.69, 9.17) is 0 Å². The summed E-state index contributed by atoms with van der Waals surface area (Å²) >= 11 is 0. The van der Waals surface area contributed by atoms with Gasteiger partial charge in [-0.05, 0) is 108 Å². The van der Waals surface area contributed by atoms with Crippen LogP contribution < -0.4 is 10.6 Å². The first-order chi connectivity index (χ1) is 19.9. The molecular weight excluding hydrogens is 484 g/mol. The number of fused-ring (bicyclic) bond motifs is 1. The Morgan fingerprint density at radius 3 is 1.68 bits per heavy atom. The van der Waals surface area contributed by atoms with E-state index in [-0.39, 0.29) is 0 Å². The monoisotopic (exact) mass is 526 g/mol. The molecule has 0 unspecified atom stereocenters. The van der Waals surface area contributed by atoms with Crippen LogP contribution in [0, 0.1) is 0 Å². The van der Waals surface area contributed by atoms with Crippen molar-refractivity contribution in [2.45, 2.75) is 51.6 Å². The van der Waals surface area contributed by atoms with E-state index in [2.05, 4.69) is 132 Å². The minimum Gasteiger partial charge on any atom is -0.313 e. The summed E-state index contributed by atoms with van der Waals surface area (Å²) in [6.07, 6.45) is 7.11. The maximum atomic E-state index is 3.73. The molecule has 0 aliphatic carbocycles. The van der Waals surface area contributed by atoms with Crippen molar-refractivity contribution in [1.82, 2.24) is 10.6 Å². The Morgan fingerprint density at radius 1 is 0.450 bits per heavy atom.